The molecule has 20 heavy (non-hydrogen) atoms. The van der Waals surface area contributed by atoms with Crippen molar-refractivity contribution in [2.75, 3.05) is 26.4 Å². The summed E-state index contributed by atoms with van der Waals surface area (Å²) in [5.41, 5.74) is 7.42. The Kier molecular flexibility index (Phi) is 4.65. The lowest BCUT2D eigenvalue weighted by Gasteiger charge is -2.39. The SMILES string of the molecule is CC1CC(N(C)C(=O)Cc2ccc(N)cc2)CCN1C. The highest BCUT2D eigenvalue weighted by Gasteiger charge is 2.27. The molecule has 2 unspecified atom stereocenters. The Morgan fingerprint density at radius 3 is 2.65 bits per heavy atom. The van der Waals surface area contributed by atoms with Crippen LogP contribution in [-0.4, -0.2) is 48.4 Å². The molecule has 2 rings (SSSR count). The highest BCUT2D eigenvalue weighted by molar-refractivity contribution is 5.79. The standard InChI is InChI=1S/C16H25N3O/c1-12-10-15(8-9-18(12)2)19(3)16(20)11-13-4-6-14(17)7-5-13/h4-7,12,15H,8-11,17H2,1-3H3. The predicted molar refractivity (Wildman–Crippen MR) is 82.4 cm³/mol. The Labute approximate surface area is 121 Å². The van der Waals surface area contributed by atoms with E-state index in [1.807, 2.05) is 36.2 Å². The van der Waals surface area contributed by atoms with E-state index in [1.165, 1.54) is 0 Å². The number of anilines is 1. The summed E-state index contributed by atoms with van der Waals surface area (Å²) in [5, 5.41) is 0. The number of carbonyl (C=O) groups excluding carboxylic acids is 1. The summed E-state index contributed by atoms with van der Waals surface area (Å²) in [6.45, 7) is 3.29. The summed E-state index contributed by atoms with van der Waals surface area (Å²) in [6, 6.07) is 8.46. The van der Waals surface area contributed by atoms with Crippen molar-refractivity contribution in [1.29, 1.82) is 0 Å². The van der Waals surface area contributed by atoms with Crippen molar-refractivity contribution in [3.63, 3.8) is 0 Å². The maximum atomic E-state index is 12.4. The summed E-state index contributed by atoms with van der Waals surface area (Å²) >= 11 is 0. The summed E-state index contributed by atoms with van der Waals surface area (Å²) in [6.07, 6.45) is 2.57. The summed E-state index contributed by atoms with van der Waals surface area (Å²) in [4.78, 5) is 16.7. The Bertz CT molecular complexity index is 457. The molecule has 1 heterocycles. The number of likely N-dealkylation sites (N-methyl/N-ethyl adjacent to an activating group) is 1. The van der Waals surface area contributed by atoms with E-state index in [-0.39, 0.29) is 5.91 Å². The highest BCUT2D eigenvalue weighted by Crippen LogP contribution is 2.20. The van der Waals surface area contributed by atoms with Gasteiger partial charge < -0.3 is 15.5 Å². The molecule has 0 aliphatic carbocycles. The van der Waals surface area contributed by atoms with E-state index in [9.17, 15) is 4.79 Å². The predicted octanol–water partition coefficient (Wildman–Crippen LogP) is 1.75. The van der Waals surface area contributed by atoms with E-state index in [0.29, 0.717) is 18.5 Å². The zero-order valence-corrected chi connectivity index (χ0v) is 12.7. The smallest absolute Gasteiger partial charge is 0.226 e. The van der Waals surface area contributed by atoms with Crippen LogP contribution in [-0.2, 0) is 11.2 Å². The molecule has 2 atom stereocenters. The molecule has 1 saturated heterocycles. The number of hydrogen-bond donors (Lipinski definition) is 1. The van der Waals surface area contributed by atoms with Crippen molar-refractivity contribution in [2.24, 2.45) is 0 Å². The van der Waals surface area contributed by atoms with Crippen LogP contribution in [0, 0.1) is 0 Å². The Morgan fingerprint density at radius 2 is 2.05 bits per heavy atom. The Morgan fingerprint density at radius 1 is 1.40 bits per heavy atom. The molecule has 0 bridgehead atoms. The molecule has 1 aromatic rings. The van der Waals surface area contributed by atoms with Crippen LogP contribution >= 0.6 is 0 Å². The fraction of sp³-hybridized carbons (Fsp3) is 0.562. The number of hydrogen-bond acceptors (Lipinski definition) is 3. The zero-order chi connectivity index (χ0) is 14.7. The fourth-order valence-electron chi connectivity index (χ4n) is 2.75. The average Bonchev–Trinajstić information content (AvgIpc) is 2.43. The number of nitrogen functional groups attached to an aromatic ring is 1. The largest absolute Gasteiger partial charge is 0.399 e. The molecule has 4 heteroatoms. The van der Waals surface area contributed by atoms with Crippen molar-refractivity contribution in [2.45, 2.75) is 38.3 Å². The average molecular weight is 275 g/mol. The van der Waals surface area contributed by atoms with Gasteiger partial charge in [-0.2, -0.15) is 0 Å². The van der Waals surface area contributed by atoms with Crippen LogP contribution in [0.4, 0.5) is 5.69 Å². The summed E-state index contributed by atoms with van der Waals surface area (Å²) in [7, 11) is 4.08. The van der Waals surface area contributed by atoms with Crippen molar-refractivity contribution in [3.05, 3.63) is 29.8 Å². The van der Waals surface area contributed by atoms with Crippen LogP contribution in [0.1, 0.15) is 25.3 Å². The van der Waals surface area contributed by atoms with Gasteiger partial charge >= 0.3 is 0 Å². The molecule has 0 aromatic heterocycles. The van der Waals surface area contributed by atoms with Gasteiger partial charge in [0.15, 0.2) is 0 Å². The van der Waals surface area contributed by atoms with Crippen LogP contribution in [0.2, 0.25) is 0 Å². The number of likely N-dealkylation sites (tertiary alicyclic amines) is 1. The number of amides is 1. The first-order valence-electron chi connectivity index (χ1n) is 7.27. The van der Waals surface area contributed by atoms with Crippen LogP contribution < -0.4 is 5.73 Å². The van der Waals surface area contributed by atoms with E-state index in [4.69, 9.17) is 5.73 Å². The quantitative estimate of drug-likeness (QED) is 0.855. The first-order chi connectivity index (χ1) is 9.47. The van der Waals surface area contributed by atoms with Crippen LogP contribution in [0.3, 0.4) is 0 Å². The van der Waals surface area contributed by atoms with Gasteiger partial charge in [-0.1, -0.05) is 12.1 Å². The number of piperidine rings is 1. The van der Waals surface area contributed by atoms with E-state index >= 15 is 0 Å². The number of nitrogens with two attached hydrogens (primary N) is 1. The highest BCUT2D eigenvalue weighted by atomic mass is 16.2. The first kappa shape index (κ1) is 14.9. The molecule has 2 N–H and O–H groups in total. The molecular weight excluding hydrogens is 250 g/mol. The third-order valence-corrected chi connectivity index (χ3v) is 4.46. The monoisotopic (exact) mass is 275 g/mol. The second kappa shape index (κ2) is 6.27. The zero-order valence-electron chi connectivity index (χ0n) is 12.7. The normalized spacial score (nSPS) is 23.6. The minimum Gasteiger partial charge on any atom is -0.399 e. The van der Waals surface area contributed by atoms with Crippen molar-refractivity contribution in [1.82, 2.24) is 9.80 Å². The summed E-state index contributed by atoms with van der Waals surface area (Å²) in [5.74, 6) is 0.191. The molecule has 1 fully saturated rings. The van der Waals surface area contributed by atoms with Gasteiger partial charge in [-0.05, 0) is 44.5 Å². The van der Waals surface area contributed by atoms with Gasteiger partial charge in [0.1, 0.15) is 0 Å². The minimum absolute atomic E-state index is 0.191. The molecule has 0 saturated carbocycles. The lowest BCUT2D eigenvalue weighted by Crippen LogP contribution is -2.48. The molecule has 1 aliphatic heterocycles. The molecule has 0 radical (unpaired) electrons. The van der Waals surface area contributed by atoms with Crippen molar-refractivity contribution < 1.29 is 4.79 Å². The van der Waals surface area contributed by atoms with Gasteiger partial charge in [-0.15, -0.1) is 0 Å². The molecule has 1 aromatic carbocycles. The molecule has 1 aliphatic rings. The van der Waals surface area contributed by atoms with Gasteiger partial charge in [0.25, 0.3) is 0 Å². The lowest BCUT2D eigenvalue weighted by atomic mass is 9.97. The van der Waals surface area contributed by atoms with Crippen LogP contribution in [0.15, 0.2) is 24.3 Å². The van der Waals surface area contributed by atoms with E-state index in [0.717, 1.165) is 30.6 Å². The third kappa shape index (κ3) is 3.51. The van der Waals surface area contributed by atoms with E-state index in [1.54, 1.807) is 0 Å². The second-order valence-electron chi connectivity index (χ2n) is 5.93. The molecule has 0 spiro atoms. The fourth-order valence-corrected chi connectivity index (χ4v) is 2.75. The van der Waals surface area contributed by atoms with E-state index in [2.05, 4.69) is 18.9 Å². The van der Waals surface area contributed by atoms with E-state index < -0.39 is 0 Å². The number of carbonyl (C=O) groups is 1. The number of nitrogens with zero attached hydrogens (tertiary/aromatic N) is 2. The van der Waals surface area contributed by atoms with Crippen LogP contribution in [0.5, 0.6) is 0 Å². The molecular formula is C16H25N3O. The molecule has 1 amide bonds. The maximum absolute atomic E-state index is 12.4. The second-order valence-corrected chi connectivity index (χ2v) is 5.93. The summed E-state index contributed by atoms with van der Waals surface area (Å²) < 4.78 is 0. The molecule has 110 valence electrons. The van der Waals surface area contributed by atoms with Gasteiger partial charge in [-0.25, -0.2) is 0 Å². The Balaban J connectivity index is 1.93. The molecule has 4 nitrogen and oxygen atoms in total. The van der Waals surface area contributed by atoms with Gasteiger partial charge in [0, 0.05) is 31.4 Å². The number of rotatable bonds is 3. The minimum atomic E-state index is 0.191. The topological polar surface area (TPSA) is 49.6 Å². The maximum Gasteiger partial charge on any atom is 0.226 e. The van der Waals surface area contributed by atoms with Crippen molar-refractivity contribution in [3.8, 4) is 0 Å². The van der Waals surface area contributed by atoms with Gasteiger partial charge in [-0.3, -0.25) is 4.79 Å². The lowest BCUT2D eigenvalue weighted by molar-refractivity contribution is -0.132. The Hall–Kier alpha value is -1.55. The van der Waals surface area contributed by atoms with Gasteiger partial charge in [0.2, 0.25) is 5.91 Å². The number of benzene rings is 1. The van der Waals surface area contributed by atoms with Crippen molar-refractivity contribution >= 4 is 11.6 Å². The first-order valence-corrected chi connectivity index (χ1v) is 7.27. The van der Waals surface area contributed by atoms with Gasteiger partial charge in [0.05, 0.1) is 6.42 Å². The van der Waals surface area contributed by atoms with Crippen LogP contribution in [0.25, 0.3) is 0 Å². The third-order valence-electron chi connectivity index (χ3n) is 4.46.